The second-order valence-corrected chi connectivity index (χ2v) is 6.55. The summed E-state index contributed by atoms with van der Waals surface area (Å²) in [6.07, 6.45) is -1.71. The van der Waals surface area contributed by atoms with Crippen LogP contribution in [0.5, 0.6) is 5.75 Å². The second-order valence-electron chi connectivity index (χ2n) is 6.55. The van der Waals surface area contributed by atoms with Gasteiger partial charge in [0.2, 0.25) is 0 Å². The van der Waals surface area contributed by atoms with Gasteiger partial charge < -0.3 is 30.3 Å². The van der Waals surface area contributed by atoms with Gasteiger partial charge in [-0.05, 0) is 23.6 Å². The molecule has 1 aromatic rings. The predicted molar refractivity (Wildman–Crippen MR) is 96.7 cm³/mol. The van der Waals surface area contributed by atoms with Crippen LogP contribution >= 0.6 is 0 Å². The molecular weight excluding hydrogens is 356 g/mol. The van der Waals surface area contributed by atoms with Crippen molar-refractivity contribution in [3.05, 3.63) is 29.8 Å². The SMILES string of the molecule is COc1ccc(C[C@H](NC(=O)N(CC(C)C)C[C@H](O)C(=O)O)C(=O)O)cc1. The molecule has 0 aliphatic heterocycles. The Labute approximate surface area is 157 Å². The van der Waals surface area contributed by atoms with Crippen molar-refractivity contribution in [2.45, 2.75) is 32.4 Å². The first kappa shape index (κ1) is 22.2. The van der Waals surface area contributed by atoms with Gasteiger partial charge in [-0.2, -0.15) is 0 Å². The largest absolute Gasteiger partial charge is 0.497 e. The molecule has 0 aliphatic rings. The van der Waals surface area contributed by atoms with E-state index in [1.807, 2.05) is 13.8 Å². The molecule has 0 spiro atoms. The van der Waals surface area contributed by atoms with Crippen LogP contribution in [0, 0.1) is 5.92 Å². The normalized spacial score (nSPS) is 12.9. The summed E-state index contributed by atoms with van der Waals surface area (Å²) in [6.45, 7) is 3.37. The minimum atomic E-state index is -1.75. The van der Waals surface area contributed by atoms with Crippen LogP contribution in [0.4, 0.5) is 4.79 Å². The predicted octanol–water partition coefficient (Wildman–Crippen LogP) is 0.804. The van der Waals surface area contributed by atoms with Gasteiger partial charge in [0.1, 0.15) is 11.8 Å². The molecule has 2 amide bonds. The summed E-state index contributed by atoms with van der Waals surface area (Å²) in [4.78, 5) is 36.0. The number of benzene rings is 1. The van der Waals surface area contributed by atoms with Crippen LogP contribution in [0.3, 0.4) is 0 Å². The van der Waals surface area contributed by atoms with Crippen molar-refractivity contribution >= 4 is 18.0 Å². The number of aliphatic hydroxyl groups excluding tert-OH is 1. The zero-order valence-corrected chi connectivity index (χ0v) is 15.6. The quantitative estimate of drug-likeness (QED) is 0.470. The number of carbonyl (C=O) groups excluding carboxylic acids is 1. The molecule has 9 nitrogen and oxygen atoms in total. The minimum Gasteiger partial charge on any atom is -0.497 e. The van der Waals surface area contributed by atoms with E-state index in [2.05, 4.69) is 5.32 Å². The summed E-state index contributed by atoms with van der Waals surface area (Å²) in [5.74, 6) is -2.05. The average molecular weight is 382 g/mol. The highest BCUT2D eigenvalue weighted by Crippen LogP contribution is 2.13. The van der Waals surface area contributed by atoms with Gasteiger partial charge in [0, 0.05) is 13.0 Å². The van der Waals surface area contributed by atoms with E-state index in [1.165, 1.54) is 7.11 Å². The number of ether oxygens (including phenoxy) is 1. The van der Waals surface area contributed by atoms with Crippen molar-refractivity contribution in [1.82, 2.24) is 10.2 Å². The lowest BCUT2D eigenvalue weighted by molar-refractivity contribution is -0.147. The highest BCUT2D eigenvalue weighted by atomic mass is 16.5. The topological polar surface area (TPSA) is 136 Å². The number of aliphatic hydroxyl groups is 1. The van der Waals surface area contributed by atoms with Gasteiger partial charge in [0.05, 0.1) is 13.7 Å². The minimum absolute atomic E-state index is 0.00149. The van der Waals surface area contributed by atoms with Crippen molar-refractivity contribution in [1.29, 1.82) is 0 Å². The Morgan fingerprint density at radius 2 is 1.67 bits per heavy atom. The Morgan fingerprint density at radius 1 is 1.07 bits per heavy atom. The van der Waals surface area contributed by atoms with Crippen LogP contribution in [-0.2, 0) is 16.0 Å². The second kappa shape index (κ2) is 10.4. The average Bonchev–Trinajstić information content (AvgIpc) is 2.60. The number of amides is 2. The smallest absolute Gasteiger partial charge is 0.334 e. The number of hydrogen-bond donors (Lipinski definition) is 4. The van der Waals surface area contributed by atoms with Gasteiger partial charge in [0.25, 0.3) is 0 Å². The fourth-order valence-electron chi connectivity index (χ4n) is 2.41. The number of carboxylic acids is 2. The van der Waals surface area contributed by atoms with Gasteiger partial charge in [0.15, 0.2) is 6.10 Å². The number of methoxy groups -OCH3 is 1. The molecule has 0 aromatic heterocycles. The molecule has 0 saturated carbocycles. The van der Waals surface area contributed by atoms with E-state index in [9.17, 15) is 24.6 Å². The van der Waals surface area contributed by atoms with Crippen LogP contribution in [0.2, 0.25) is 0 Å². The van der Waals surface area contributed by atoms with Crippen molar-refractivity contribution in [2.24, 2.45) is 5.92 Å². The van der Waals surface area contributed by atoms with E-state index in [0.29, 0.717) is 11.3 Å². The molecule has 0 radical (unpaired) electrons. The van der Waals surface area contributed by atoms with Crippen LogP contribution < -0.4 is 10.1 Å². The molecule has 4 N–H and O–H groups in total. The lowest BCUT2D eigenvalue weighted by atomic mass is 10.1. The summed E-state index contributed by atoms with van der Waals surface area (Å²) in [5, 5.41) is 30.2. The maximum absolute atomic E-state index is 12.5. The fraction of sp³-hybridized carbons (Fsp3) is 0.500. The third-order valence-electron chi connectivity index (χ3n) is 3.75. The van der Waals surface area contributed by atoms with Gasteiger partial charge in [-0.1, -0.05) is 26.0 Å². The van der Waals surface area contributed by atoms with Gasteiger partial charge >= 0.3 is 18.0 Å². The highest BCUT2D eigenvalue weighted by molar-refractivity contribution is 5.83. The van der Waals surface area contributed by atoms with Crippen molar-refractivity contribution in [3.63, 3.8) is 0 Å². The molecule has 0 bridgehead atoms. The highest BCUT2D eigenvalue weighted by Gasteiger charge is 2.27. The zero-order chi connectivity index (χ0) is 20.6. The Bertz CT molecular complexity index is 646. The maximum Gasteiger partial charge on any atom is 0.334 e. The summed E-state index contributed by atoms with van der Waals surface area (Å²) in [7, 11) is 1.52. The molecule has 1 aromatic carbocycles. The van der Waals surface area contributed by atoms with Crippen molar-refractivity contribution in [3.8, 4) is 5.75 Å². The third kappa shape index (κ3) is 7.53. The van der Waals surface area contributed by atoms with Gasteiger partial charge in [-0.15, -0.1) is 0 Å². The number of hydrogen-bond acceptors (Lipinski definition) is 5. The van der Waals surface area contributed by atoms with E-state index in [0.717, 1.165) is 4.90 Å². The Balaban J connectivity index is 2.85. The van der Waals surface area contributed by atoms with E-state index >= 15 is 0 Å². The lowest BCUT2D eigenvalue weighted by Gasteiger charge is -2.27. The van der Waals surface area contributed by atoms with Gasteiger partial charge in [-0.3, -0.25) is 0 Å². The first-order chi connectivity index (χ1) is 12.6. The molecule has 1 rings (SSSR count). The van der Waals surface area contributed by atoms with E-state index in [-0.39, 0.29) is 18.9 Å². The monoisotopic (exact) mass is 382 g/mol. The number of carbonyl (C=O) groups is 3. The first-order valence-electron chi connectivity index (χ1n) is 8.46. The van der Waals surface area contributed by atoms with Crippen molar-refractivity contribution < 1.29 is 34.4 Å². The summed E-state index contributed by atoms with van der Waals surface area (Å²) in [6, 6.07) is 4.81. The number of nitrogens with zero attached hydrogens (tertiary/aromatic N) is 1. The molecule has 150 valence electrons. The Hall–Kier alpha value is -2.81. The molecule has 0 saturated heterocycles. The Kier molecular flexibility index (Phi) is 8.53. The lowest BCUT2D eigenvalue weighted by Crippen LogP contribution is -2.52. The number of nitrogens with one attached hydrogen (secondary N) is 1. The zero-order valence-electron chi connectivity index (χ0n) is 15.6. The first-order valence-corrected chi connectivity index (χ1v) is 8.46. The third-order valence-corrected chi connectivity index (χ3v) is 3.75. The van der Waals surface area contributed by atoms with Crippen LogP contribution in [0.1, 0.15) is 19.4 Å². The fourth-order valence-corrected chi connectivity index (χ4v) is 2.41. The molecule has 0 fully saturated rings. The Morgan fingerprint density at radius 3 is 2.11 bits per heavy atom. The van der Waals surface area contributed by atoms with E-state index in [4.69, 9.17) is 9.84 Å². The molecule has 9 heteroatoms. The molecule has 0 unspecified atom stereocenters. The van der Waals surface area contributed by atoms with Crippen LogP contribution in [-0.4, -0.2) is 70.5 Å². The number of rotatable bonds is 10. The molecule has 2 atom stereocenters. The van der Waals surface area contributed by atoms with Crippen molar-refractivity contribution in [2.75, 3.05) is 20.2 Å². The summed E-state index contributed by atoms with van der Waals surface area (Å²) < 4.78 is 5.05. The number of carboxylic acid groups (broad SMARTS) is 2. The van der Waals surface area contributed by atoms with Crippen LogP contribution in [0.15, 0.2) is 24.3 Å². The molecule has 0 heterocycles. The standard InChI is InChI=1S/C18H26N2O7/c1-11(2)9-20(10-15(21)17(24)25)18(26)19-14(16(22)23)8-12-4-6-13(27-3)7-5-12/h4-7,11,14-15,21H,8-10H2,1-3H3,(H,19,26)(H,22,23)(H,24,25)/t14-,15-/m0/s1. The molecular formula is C18H26N2O7. The van der Waals surface area contributed by atoms with Crippen LogP contribution in [0.25, 0.3) is 0 Å². The van der Waals surface area contributed by atoms with Gasteiger partial charge in [-0.25, -0.2) is 14.4 Å². The summed E-state index contributed by atoms with van der Waals surface area (Å²) in [5.41, 5.74) is 0.685. The number of urea groups is 1. The number of aliphatic carboxylic acids is 2. The van der Waals surface area contributed by atoms with E-state index < -0.39 is 36.7 Å². The molecule has 0 aliphatic carbocycles. The maximum atomic E-state index is 12.5. The van der Waals surface area contributed by atoms with E-state index in [1.54, 1.807) is 24.3 Å². The molecule has 27 heavy (non-hydrogen) atoms. The summed E-state index contributed by atoms with van der Waals surface area (Å²) >= 11 is 0.